The predicted octanol–water partition coefficient (Wildman–Crippen LogP) is 10.3. The predicted molar refractivity (Wildman–Crippen MR) is 171 cm³/mol. The van der Waals surface area contributed by atoms with E-state index in [-0.39, 0.29) is 0 Å². The summed E-state index contributed by atoms with van der Waals surface area (Å²) in [5.41, 5.74) is 14.4. The van der Waals surface area contributed by atoms with Crippen molar-refractivity contribution in [1.82, 2.24) is 9.55 Å². The van der Waals surface area contributed by atoms with Crippen LogP contribution in [0.4, 0.5) is 0 Å². The van der Waals surface area contributed by atoms with Gasteiger partial charge in [0.2, 0.25) is 0 Å². The molecule has 0 bridgehead atoms. The molecule has 0 amide bonds. The summed E-state index contributed by atoms with van der Waals surface area (Å²) in [5.74, 6) is 0. The molecule has 6 aromatic carbocycles. The molecule has 2 heterocycles. The fourth-order valence-electron chi connectivity index (χ4n) is 6.93. The fraction of sp³-hybridized carbons (Fsp3) is 0. The van der Waals surface area contributed by atoms with Crippen molar-refractivity contribution < 1.29 is 0 Å². The molecule has 0 saturated heterocycles. The van der Waals surface area contributed by atoms with Gasteiger partial charge in [-0.25, -0.2) is 0 Å². The Labute approximate surface area is 237 Å². The number of rotatable bonds is 1. The van der Waals surface area contributed by atoms with Crippen molar-refractivity contribution in [2.45, 2.75) is 0 Å². The molecule has 2 nitrogen and oxygen atoms in total. The summed E-state index contributed by atoms with van der Waals surface area (Å²) in [6, 6.07) is 50.6. The molecule has 190 valence electrons. The Bertz CT molecular complexity index is 2270. The SMILES string of the molecule is c1ccc2c(c1)-c1ccccc1-c1c(ccc3cccnc13)-c1c-2cccc1-n1c2ccccc2c2ccccc21. The molecule has 0 atom stereocenters. The number of fused-ring (bicyclic) bond motifs is 13. The molecule has 0 fully saturated rings. The van der Waals surface area contributed by atoms with Crippen LogP contribution in [0.1, 0.15) is 0 Å². The van der Waals surface area contributed by atoms with Gasteiger partial charge in [-0.15, -0.1) is 0 Å². The normalized spacial score (nSPS) is 11.9. The van der Waals surface area contributed by atoms with E-state index in [1.807, 2.05) is 12.3 Å². The minimum absolute atomic E-state index is 1.03. The minimum atomic E-state index is 1.03. The van der Waals surface area contributed by atoms with Crippen molar-refractivity contribution in [3.05, 3.63) is 146 Å². The molecule has 41 heavy (non-hydrogen) atoms. The molecule has 0 spiro atoms. The van der Waals surface area contributed by atoms with Crippen molar-refractivity contribution in [3.8, 4) is 50.2 Å². The van der Waals surface area contributed by atoms with E-state index in [9.17, 15) is 0 Å². The zero-order valence-corrected chi connectivity index (χ0v) is 22.3. The molecule has 2 aromatic heterocycles. The second-order valence-electron chi connectivity index (χ2n) is 10.7. The Morgan fingerprint density at radius 3 is 1.71 bits per heavy atom. The van der Waals surface area contributed by atoms with Crippen molar-refractivity contribution in [2.24, 2.45) is 0 Å². The third-order valence-corrected chi connectivity index (χ3v) is 8.61. The lowest BCUT2D eigenvalue weighted by atomic mass is 9.79. The van der Waals surface area contributed by atoms with Gasteiger partial charge in [0.15, 0.2) is 0 Å². The van der Waals surface area contributed by atoms with Gasteiger partial charge < -0.3 is 4.57 Å². The highest BCUT2D eigenvalue weighted by atomic mass is 15.0. The molecule has 0 saturated carbocycles. The Hall–Kier alpha value is -5.47. The van der Waals surface area contributed by atoms with E-state index in [2.05, 4.69) is 138 Å². The van der Waals surface area contributed by atoms with E-state index in [0.717, 1.165) is 10.9 Å². The maximum absolute atomic E-state index is 4.98. The highest BCUT2D eigenvalue weighted by molar-refractivity contribution is 6.14. The van der Waals surface area contributed by atoms with Crippen LogP contribution < -0.4 is 0 Å². The van der Waals surface area contributed by atoms with Gasteiger partial charge in [0.1, 0.15) is 0 Å². The van der Waals surface area contributed by atoms with Crippen LogP contribution in [0.5, 0.6) is 0 Å². The molecule has 0 unspecified atom stereocenters. The molecule has 0 N–H and O–H groups in total. The van der Waals surface area contributed by atoms with Crippen LogP contribution in [-0.4, -0.2) is 9.55 Å². The van der Waals surface area contributed by atoms with Gasteiger partial charge >= 0.3 is 0 Å². The van der Waals surface area contributed by atoms with E-state index in [4.69, 9.17) is 4.98 Å². The number of nitrogens with zero attached hydrogens (tertiary/aromatic N) is 2. The largest absolute Gasteiger partial charge is 0.309 e. The molecular weight excluding hydrogens is 496 g/mol. The van der Waals surface area contributed by atoms with Gasteiger partial charge in [-0.3, -0.25) is 4.98 Å². The molecule has 0 radical (unpaired) electrons. The smallest absolute Gasteiger partial charge is 0.0786 e. The third kappa shape index (κ3) is 3.10. The number of benzene rings is 6. The highest BCUT2D eigenvalue weighted by Gasteiger charge is 2.26. The van der Waals surface area contributed by atoms with Crippen molar-refractivity contribution in [1.29, 1.82) is 0 Å². The standard InChI is InChI=1S/C39H24N2/c1-2-13-27-26(12-1)28-14-3-4-17-32(28)38-33(23-22-25-11-10-24-40-39(25)38)37-31(27)18-9-21-36(37)41-34-19-7-5-15-29(34)30-16-6-8-20-35(30)41/h1-24H. The highest BCUT2D eigenvalue weighted by Crippen LogP contribution is 2.51. The lowest BCUT2D eigenvalue weighted by Crippen LogP contribution is -2.03. The molecule has 0 aliphatic heterocycles. The summed E-state index contributed by atoms with van der Waals surface area (Å²) >= 11 is 0. The first kappa shape index (κ1) is 22.4. The van der Waals surface area contributed by atoms with Crippen molar-refractivity contribution >= 4 is 32.7 Å². The van der Waals surface area contributed by atoms with Crippen LogP contribution in [-0.2, 0) is 0 Å². The van der Waals surface area contributed by atoms with Gasteiger partial charge in [-0.2, -0.15) is 0 Å². The van der Waals surface area contributed by atoms with Crippen LogP contribution in [0.3, 0.4) is 0 Å². The average molecular weight is 521 g/mol. The monoisotopic (exact) mass is 520 g/mol. The number of aromatic nitrogens is 2. The Kier molecular flexibility index (Phi) is 4.64. The second-order valence-corrected chi connectivity index (χ2v) is 10.7. The molecule has 9 rings (SSSR count). The Morgan fingerprint density at radius 2 is 0.976 bits per heavy atom. The third-order valence-electron chi connectivity index (χ3n) is 8.61. The molecule has 1 aliphatic rings. The summed E-state index contributed by atoms with van der Waals surface area (Å²) in [7, 11) is 0. The summed E-state index contributed by atoms with van der Waals surface area (Å²) in [5, 5.41) is 3.67. The first-order valence-electron chi connectivity index (χ1n) is 14.1. The van der Waals surface area contributed by atoms with Crippen LogP contribution in [0.2, 0.25) is 0 Å². The van der Waals surface area contributed by atoms with E-state index in [0.29, 0.717) is 0 Å². The van der Waals surface area contributed by atoms with Crippen LogP contribution in [0, 0.1) is 0 Å². The van der Waals surface area contributed by atoms with Crippen LogP contribution in [0.25, 0.3) is 82.9 Å². The molecule has 8 aromatic rings. The molecular formula is C39H24N2. The number of hydrogen-bond donors (Lipinski definition) is 0. The van der Waals surface area contributed by atoms with E-state index in [1.54, 1.807) is 0 Å². The number of pyridine rings is 1. The topological polar surface area (TPSA) is 17.8 Å². The first-order chi connectivity index (χ1) is 20.4. The van der Waals surface area contributed by atoms with Gasteiger partial charge in [-0.1, -0.05) is 115 Å². The summed E-state index contributed by atoms with van der Waals surface area (Å²) in [4.78, 5) is 4.98. The van der Waals surface area contributed by atoms with Gasteiger partial charge in [0.25, 0.3) is 0 Å². The zero-order chi connectivity index (χ0) is 26.9. The van der Waals surface area contributed by atoms with E-state index >= 15 is 0 Å². The molecule has 1 aliphatic carbocycles. The van der Waals surface area contributed by atoms with Crippen molar-refractivity contribution in [2.75, 3.05) is 0 Å². The van der Waals surface area contributed by atoms with E-state index < -0.39 is 0 Å². The lowest BCUT2D eigenvalue weighted by molar-refractivity contribution is 1.18. The van der Waals surface area contributed by atoms with Gasteiger partial charge in [-0.05, 0) is 57.6 Å². The summed E-state index contributed by atoms with van der Waals surface area (Å²) in [6.07, 6.45) is 1.91. The molecule has 2 heteroatoms. The maximum Gasteiger partial charge on any atom is 0.0786 e. The minimum Gasteiger partial charge on any atom is -0.309 e. The van der Waals surface area contributed by atoms with Crippen LogP contribution >= 0.6 is 0 Å². The maximum atomic E-state index is 4.98. The average Bonchev–Trinajstić information content (AvgIpc) is 3.37. The Balaban J connectivity index is 1.53. The zero-order valence-electron chi connectivity index (χ0n) is 22.3. The quantitative estimate of drug-likeness (QED) is 0.210. The fourth-order valence-corrected chi connectivity index (χ4v) is 6.93. The van der Waals surface area contributed by atoms with Gasteiger partial charge in [0.05, 0.1) is 22.2 Å². The summed E-state index contributed by atoms with van der Waals surface area (Å²) in [6.45, 7) is 0. The lowest BCUT2D eigenvalue weighted by Gasteiger charge is -2.26. The van der Waals surface area contributed by atoms with Crippen molar-refractivity contribution in [3.63, 3.8) is 0 Å². The summed E-state index contributed by atoms with van der Waals surface area (Å²) < 4.78 is 2.45. The second kappa shape index (κ2) is 8.51. The van der Waals surface area contributed by atoms with Gasteiger partial charge in [0, 0.05) is 33.5 Å². The first-order valence-corrected chi connectivity index (χ1v) is 14.1. The number of para-hydroxylation sites is 2. The van der Waals surface area contributed by atoms with Crippen LogP contribution in [0.15, 0.2) is 146 Å². The number of hydrogen-bond acceptors (Lipinski definition) is 1. The van der Waals surface area contributed by atoms with E-state index in [1.165, 1.54) is 72.0 Å². The Morgan fingerprint density at radius 1 is 0.390 bits per heavy atom.